The molecule has 0 radical (unpaired) electrons. The number of aryl methyl sites for hydroxylation is 1. The normalized spacial score (nSPS) is 11.7. The van der Waals surface area contributed by atoms with Crippen molar-refractivity contribution in [3.63, 3.8) is 0 Å². The van der Waals surface area contributed by atoms with Gasteiger partial charge in [0.2, 0.25) is 5.79 Å². The summed E-state index contributed by atoms with van der Waals surface area (Å²) in [5.41, 5.74) is 1.98. The first-order valence-electron chi connectivity index (χ1n) is 4.47. The van der Waals surface area contributed by atoms with Gasteiger partial charge in [0.1, 0.15) is 6.61 Å². The standard InChI is InChI=1S/C11H16O3/c1-9-4-6-10(7-5-9)11(8-12,13-2)14-3/h4-7,12H,8H2,1-3H3. The SMILES string of the molecule is COC(CO)(OC)c1ccc(C)cc1. The molecule has 0 aromatic heterocycles. The maximum Gasteiger partial charge on any atom is 0.218 e. The molecule has 0 heterocycles. The summed E-state index contributed by atoms with van der Waals surface area (Å²) in [5, 5.41) is 9.25. The van der Waals surface area contributed by atoms with Gasteiger partial charge in [-0.3, -0.25) is 0 Å². The molecule has 0 aliphatic heterocycles. The van der Waals surface area contributed by atoms with Crippen molar-refractivity contribution in [2.24, 2.45) is 0 Å². The molecule has 78 valence electrons. The van der Waals surface area contributed by atoms with Crippen LogP contribution in [-0.4, -0.2) is 25.9 Å². The van der Waals surface area contributed by atoms with Crippen molar-refractivity contribution in [3.8, 4) is 0 Å². The molecule has 3 nitrogen and oxygen atoms in total. The number of aliphatic hydroxyl groups is 1. The van der Waals surface area contributed by atoms with E-state index in [9.17, 15) is 5.11 Å². The van der Waals surface area contributed by atoms with Gasteiger partial charge in [0.25, 0.3) is 0 Å². The summed E-state index contributed by atoms with van der Waals surface area (Å²) in [7, 11) is 3.03. The van der Waals surface area contributed by atoms with Gasteiger partial charge in [0.15, 0.2) is 0 Å². The molecule has 0 amide bonds. The zero-order valence-electron chi connectivity index (χ0n) is 8.78. The lowest BCUT2D eigenvalue weighted by molar-refractivity contribution is -0.236. The lowest BCUT2D eigenvalue weighted by atomic mass is 10.0. The summed E-state index contributed by atoms with van der Waals surface area (Å²) in [4.78, 5) is 0. The number of aliphatic hydroxyl groups excluding tert-OH is 1. The fourth-order valence-electron chi connectivity index (χ4n) is 1.35. The third kappa shape index (κ3) is 1.95. The fourth-order valence-corrected chi connectivity index (χ4v) is 1.35. The largest absolute Gasteiger partial charge is 0.390 e. The molecule has 0 atom stereocenters. The molecular weight excluding hydrogens is 180 g/mol. The molecule has 0 unspecified atom stereocenters. The van der Waals surface area contributed by atoms with E-state index in [0.29, 0.717) is 0 Å². The van der Waals surface area contributed by atoms with Crippen molar-refractivity contribution >= 4 is 0 Å². The number of ether oxygens (including phenoxy) is 2. The second-order valence-electron chi connectivity index (χ2n) is 3.19. The molecule has 14 heavy (non-hydrogen) atoms. The second-order valence-corrected chi connectivity index (χ2v) is 3.19. The van der Waals surface area contributed by atoms with Crippen LogP contribution in [0.25, 0.3) is 0 Å². The third-order valence-electron chi connectivity index (χ3n) is 2.36. The molecule has 0 fully saturated rings. The van der Waals surface area contributed by atoms with E-state index in [1.807, 2.05) is 31.2 Å². The highest BCUT2D eigenvalue weighted by Crippen LogP contribution is 2.25. The van der Waals surface area contributed by atoms with Gasteiger partial charge in [0, 0.05) is 19.8 Å². The van der Waals surface area contributed by atoms with Crippen molar-refractivity contribution in [2.75, 3.05) is 20.8 Å². The summed E-state index contributed by atoms with van der Waals surface area (Å²) in [6.45, 7) is 1.80. The van der Waals surface area contributed by atoms with E-state index in [2.05, 4.69) is 0 Å². The van der Waals surface area contributed by atoms with Gasteiger partial charge < -0.3 is 14.6 Å². The van der Waals surface area contributed by atoms with Gasteiger partial charge >= 0.3 is 0 Å². The Morgan fingerprint density at radius 2 is 1.64 bits per heavy atom. The summed E-state index contributed by atoms with van der Waals surface area (Å²) in [6.07, 6.45) is 0. The smallest absolute Gasteiger partial charge is 0.218 e. The molecule has 1 aromatic carbocycles. The molecule has 0 aliphatic carbocycles. The first-order valence-corrected chi connectivity index (χ1v) is 4.47. The van der Waals surface area contributed by atoms with Crippen LogP contribution in [0.4, 0.5) is 0 Å². The van der Waals surface area contributed by atoms with Crippen molar-refractivity contribution in [2.45, 2.75) is 12.7 Å². The zero-order valence-corrected chi connectivity index (χ0v) is 8.78. The van der Waals surface area contributed by atoms with Crippen LogP contribution >= 0.6 is 0 Å². The Hall–Kier alpha value is -0.900. The lowest BCUT2D eigenvalue weighted by Crippen LogP contribution is -2.34. The molecular formula is C11H16O3. The van der Waals surface area contributed by atoms with Gasteiger partial charge in [-0.2, -0.15) is 0 Å². The minimum Gasteiger partial charge on any atom is -0.390 e. The van der Waals surface area contributed by atoms with Gasteiger partial charge in [-0.1, -0.05) is 29.8 Å². The summed E-state index contributed by atoms with van der Waals surface area (Å²) in [5.74, 6) is -1.03. The number of hydrogen-bond acceptors (Lipinski definition) is 3. The van der Waals surface area contributed by atoms with E-state index in [1.54, 1.807) is 0 Å². The van der Waals surface area contributed by atoms with Crippen molar-refractivity contribution in [1.29, 1.82) is 0 Å². The average molecular weight is 196 g/mol. The third-order valence-corrected chi connectivity index (χ3v) is 2.36. The zero-order chi connectivity index (χ0) is 10.6. The van der Waals surface area contributed by atoms with Crippen LogP contribution in [0.5, 0.6) is 0 Å². The minimum absolute atomic E-state index is 0.205. The van der Waals surface area contributed by atoms with Crippen LogP contribution in [0.1, 0.15) is 11.1 Å². The Bertz CT molecular complexity index is 267. The van der Waals surface area contributed by atoms with Crippen molar-refractivity contribution < 1.29 is 14.6 Å². The summed E-state index contributed by atoms with van der Waals surface area (Å²) in [6, 6.07) is 7.69. The molecule has 0 saturated heterocycles. The highest BCUT2D eigenvalue weighted by molar-refractivity contribution is 5.25. The second kappa shape index (κ2) is 4.55. The Balaban J connectivity index is 3.05. The van der Waals surface area contributed by atoms with E-state index in [1.165, 1.54) is 14.2 Å². The first-order chi connectivity index (χ1) is 6.68. The predicted octanol–water partition coefficient (Wildman–Crippen LogP) is 1.43. The van der Waals surface area contributed by atoms with Crippen LogP contribution in [0.15, 0.2) is 24.3 Å². The van der Waals surface area contributed by atoms with Crippen LogP contribution in [0.2, 0.25) is 0 Å². The fraction of sp³-hybridized carbons (Fsp3) is 0.455. The molecule has 1 aromatic rings. The molecule has 3 heteroatoms. The molecule has 0 spiro atoms. The van der Waals surface area contributed by atoms with Crippen LogP contribution in [0, 0.1) is 6.92 Å². The van der Waals surface area contributed by atoms with Crippen LogP contribution < -0.4 is 0 Å². The first kappa shape index (κ1) is 11.2. The summed E-state index contributed by atoms with van der Waals surface area (Å²) < 4.78 is 10.4. The van der Waals surface area contributed by atoms with Crippen LogP contribution in [0.3, 0.4) is 0 Å². The maximum absolute atomic E-state index is 9.25. The monoisotopic (exact) mass is 196 g/mol. The quantitative estimate of drug-likeness (QED) is 0.740. The van der Waals surface area contributed by atoms with Gasteiger partial charge in [-0.05, 0) is 6.92 Å². The topological polar surface area (TPSA) is 38.7 Å². The van der Waals surface area contributed by atoms with E-state index in [4.69, 9.17) is 9.47 Å². The maximum atomic E-state index is 9.25. The molecule has 0 saturated carbocycles. The molecule has 0 bridgehead atoms. The number of rotatable bonds is 4. The van der Waals surface area contributed by atoms with Crippen molar-refractivity contribution in [3.05, 3.63) is 35.4 Å². The van der Waals surface area contributed by atoms with Gasteiger partial charge in [-0.25, -0.2) is 0 Å². The minimum atomic E-state index is -1.03. The Labute approximate surface area is 84.3 Å². The molecule has 1 rings (SSSR count). The number of benzene rings is 1. The van der Waals surface area contributed by atoms with E-state index >= 15 is 0 Å². The summed E-state index contributed by atoms with van der Waals surface area (Å²) >= 11 is 0. The molecule has 1 N–H and O–H groups in total. The highest BCUT2D eigenvalue weighted by Gasteiger charge is 2.30. The molecule has 0 aliphatic rings. The van der Waals surface area contributed by atoms with E-state index < -0.39 is 5.79 Å². The highest BCUT2D eigenvalue weighted by atomic mass is 16.7. The van der Waals surface area contributed by atoms with Crippen molar-refractivity contribution in [1.82, 2.24) is 0 Å². The van der Waals surface area contributed by atoms with Crippen LogP contribution in [-0.2, 0) is 15.3 Å². The number of hydrogen-bond donors (Lipinski definition) is 1. The lowest BCUT2D eigenvalue weighted by Gasteiger charge is -2.29. The van der Waals surface area contributed by atoms with E-state index in [-0.39, 0.29) is 6.61 Å². The number of methoxy groups -OCH3 is 2. The Morgan fingerprint density at radius 1 is 1.14 bits per heavy atom. The van der Waals surface area contributed by atoms with Gasteiger partial charge in [0.05, 0.1) is 0 Å². The predicted molar refractivity (Wildman–Crippen MR) is 54.0 cm³/mol. The Kier molecular flexibility index (Phi) is 3.63. The van der Waals surface area contributed by atoms with E-state index in [0.717, 1.165) is 11.1 Å². The van der Waals surface area contributed by atoms with Gasteiger partial charge in [-0.15, -0.1) is 0 Å². The Morgan fingerprint density at radius 3 is 2.00 bits per heavy atom. The average Bonchev–Trinajstić information content (AvgIpc) is 2.24.